The van der Waals surface area contributed by atoms with Crippen molar-refractivity contribution in [3.8, 4) is 0 Å². The Hall–Kier alpha value is -2.50. The Balaban J connectivity index is 1.59. The average molecular weight is 377 g/mol. The first-order valence-corrected chi connectivity index (χ1v) is 10.3. The van der Waals surface area contributed by atoms with Crippen LogP contribution in [0.2, 0.25) is 0 Å². The second-order valence-corrected chi connectivity index (χ2v) is 8.28. The molecule has 128 valence electrons. The summed E-state index contributed by atoms with van der Waals surface area (Å²) in [4.78, 5) is 21.1. The summed E-state index contributed by atoms with van der Waals surface area (Å²) in [6.07, 6.45) is 0.922. The maximum absolute atomic E-state index is 13.4. The third-order valence-electron chi connectivity index (χ3n) is 4.92. The number of nitrogens with zero attached hydrogens (tertiary/aromatic N) is 2. The number of amides is 1. The van der Waals surface area contributed by atoms with E-state index in [-0.39, 0.29) is 11.9 Å². The molecule has 1 atom stereocenters. The van der Waals surface area contributed by atoms with E-state index < -0.39 is 0 Å². The number of hydrogen-bond acceptors (Lipinski definition) is 4. The predicted octanol–water partition coefficient (Wildman–Crippen LogP) is 5.15. The molecule has 5 heteroatoms. The Bertz CT molecular complexity index is 1080. The number of hydrogen-bond donors (Lipinski definition) is 0. The van der Waals surface area contributed by atoms with E-state index in [1.165, 1.54) is 16.0 Å². The fraction of sp³-hybridized carbons (Fsp3) is 0.143. The van der Waals surface area contributed by atoms with Gasteiger partial charge in [-0.15, -0.1) is 22.7 Å². The van der Waals surface area contributed by atoms with Crippen LogP contribution in [0.5, 0.6) is 0 Å². The highest BCUT2D eigenvalue weighted by atomic mass is 32.1. The molecule has 0 N–H and O–H groups in total. The van der Waals surface area contributed by atoms with Crippen LogP contribution in [0.1, 0.15) is 32.4 Å². The van der Waals surface area contributed by atoms with Crippen molar-refractivity contribution in [1.29, 1.82) is 0 Å². The van der Waals surface area contributed by atoms with Crippen LogP contribution < -0.4 is 0 Å². The number of aromatic nitrogens is 1. The first-order chi connectivity index (χ1) is 12.8. The van der Waals surface area contributed by atoms with Crippen LogP contribution in [0.25, 0.3) is 10.2 Å². The Morgan fingerprint density at radius 3 is 2.85 bits per heavy atom. The number of thiophene rings is 1. The van der Waals surface area contributed by atoms with Crippen LogP contribution >= 0.6 is 22.7 Å². The van der Waals surface area contributed by atoms with E-state index in [1.807, 2.05) is 46.8 Å². The fourth-order valence-corrected chi connectivity index (χ4v) is 5.30. The van der Waals surface area contributed by atoms with Gasteiger partial charge in [0, 0.05) is 17.0 Å². The largest absolute Gasteiger partial charge is 0.327 e. The summed E-state index contributed by atoms with van der Waals surface area (Å²) in [5.74, 6) is 0.0889. The standard InChI is InChI=1S/C21H16N2OS2/c24-21(15-6-7-17-19(12-15)26-13-22-17)23-10-8-18-16(9-11-25-18)20(23)14-4-2-1-3-5-14/h1-7,9,11-13,20H,8,10H2. The molecule has 0 spiro atoms. The summed E-state index contributed by atoms with van der Waals surface area (Å²) in [7, 11) is 0. The number of benzene rings is 2. The first-order valence-electron chi connectivity index (χ1n) is 8.57. The molecule has 1 amide bonds. The maximum Gasteiger partial charge on any atom is 0.254 e. The SMILES string of the molecule is O=C(c1ccc2ncsc2c1)N1CCc2sccc2C1c1ccccc1. The molecule has 2 aromatic heterocycles. The van der Waals surface area contributed by atoms with Crippen LogP contribution in [-0.4, -0.2) is 22.3 Å². The molecule has 1 aliphatic rings. The highest BCUT2D eigenvalue weighted by Crippen LogP contribution is 2.38. The molecule has 0 bridgehead atoms. The van der Waals surface area contributed by atoms with E-state index in [4.69, 9.17) is 0 Å². The lowest BCUT2D eigenvalue weighted by atomic mass is 9.92. The van der Waals surface area contributed by atoms with Gasteiger partial charge in [-0.3, -0.25) is 4.79 Å². The highest BCUT2D eigenvalue weighted by Gasteiger charge is 2.33. The van der Waals surface area contributed by atoms with Crippen LogP contribution in [0.4, 0.5) is 0 Å². The normalized spacial score (nSPS) is 16.6. The summed E-state index contributed by atoms with van der Waals surface area (Å²) >= 11 is 3.36. The molecular weight excluding hydrogens is 360 g/mol. The van der Waals surface area contributed by atoms with Crippen molar-refractivity contribution in [3.05, 3.63) is 87.1 Å². The van der Waals surface area contributed by atoms with Gasteiger partial charge in [0.25, 0.3) is 5.91 Å². The van der Waals surface area contributed by atoms with Crippen molar-refractivity contribution in [3.63, 3.8) is 0 Å². The van der Waals surface area contributed by atoms with E-state index in [1.54, 1.807) is 22.7 Å². The monoisotopic (exact) mass is 376 g/mol. The fourth-order valence-electron chi connectivity index (χ4n) is 3.68. The van der Waals surface area contributed by atoms with Gasteiger partial charge in [0.2, 0.25) is 0 Å². The van der Waals surface area contributed by atoms with Crippen molar-refractivity contribution < 1.29 is 4.79 Å². The van der Waals surface area contributed by atoms with Crippen molar-refractivity contribution in [2.45, 2.75) is 12.5 Å². The number of fused-ring (bicyclic) bond motifs is 2. The molecule has 5 rings (SSSR count). The molecule has 0 radical (unpaired) electrons. The van der Waals surface area contributed by atoms with Crippen molar-refractivity contribution in [2.75, 3.05) is 6.54 Å². The Kier molecular flexibility index (Phi) is 3.84. The highest BCUT2D eigenvalue weighted by molar-refractivity contribution is 7.16. The van der Waals surface area contributed by atoms with Crippen LogP contribution in [0, 0.1) is 0 Å². The molecule has 1 aliphatic heterocycles. The van der Waals surface area contributed by atoms with Gasteiger partial charge in [0.15, 0.2) is 0 Å². The van der Waals surface area contributed by atoms with E-state index in [9.17, 15) is 4.79 Å². The minimum atomic E-state index is -0.0177. The Morgan fingerprint density at radius 2 is 1.96 bits per heavy atom. The minimum absolute atomic E-state index is 0.0177. The minimum Gasteiger partial charge on any atom is -0.327 e. The quantitative estimate of drug-likeness (QED) is 0.485. The number of thiazole rings is 1. The van der Waals surface area contributed by atoms with E-state index in [0.717, 1.165) is 28.7 Å². The Morgan fingerprint density at radius 1 is 1.08 bits per heavy atom. The van der Waals surface area contributed by atoms with Crippen LogP contribution in [0.15, 0.2) is 65.5 Å². The number of rotatable bonds is 2. The lowest BCUT2D eigenvalue weighted by Gasteiger charge is -2.36. The van der Waals surface area contributed by atoms with Gasteiger partial charge in [-0.1, -0.05) is 30.3 Å². The van der Waals surface area contributed by atoms with Gasteiger partial charge in [-0.05, 0) is 47.2 Å². The molecule has 4 aromatic rings. The zero-order chi connectivity index (χ0) is 17.5. The number of carbonyl (C=O) groups is 1. The van der Waals surface area contributed by atoms with Gasteiger partial charge in [0.1, 0.15) is 0 Å². The molecule has 1 unspecified atom stereocenters. The smallest absolute Gasteiger partial charge is 0.254 e. The second kappa shape index (κ2) is 6.34. The van der Waals surface area contributed by atoms with Gasteiger partial charge < -0.3 is 4.90 Å². The van der Waals surface area contributed by atoms with Crippen molar-refractivity contribution in [1.82, 2.24) is 9.88 Å². The van der Waals surface area contributed by atoms with Gasteiger partial charge in [0.05, 0.1) is 21.8 Å². The van der Waals surface area contributed by atoms with Gasteiger partial charge >= 0.3 is 0 Å². The van der Waals surface area contributed by atoms with Gasteiger partial charge in [-0.2, -0.15) is 0 Å². The second-order valence-electron chi connectivity index (χ2n) is 6.40. The van der Waals surface area contributed by atoms with E-state index >= 15 is 0 Å². The summed E-state index contributed by atoms with van der Waals surface area (Å²) in [6.45, 7) is 0.743. The van der Waals surface area contributed by atoms with Crippen LogP contribution in [-0.2, 0) is 6.42 Å². The predicted molar refractivity (Wildman–Crippen MR) is 107 cm³/mol. The zero-order valence-electron chi connectivity index (χ0n) is 14.0. The molecule has 0 aliphatic carbocycles. The topological polar surface area (TPSA) is 33.2 Å². The molecule has 0 saturated carbocycles. The van der Waals surface area contributed by atoms with E-state index in [0.29, 0.717) is 0 Å². The third kappa shape index (κ3) is 2.55. The lowest BCUT2D eigenvalue weighted by Crippen LogP contribution is -2.40. The third-order valence-corrected chi connectivity index (χ3v) is 6.71. The molecule has 2 aromatic carbocycles. The summed E-state index contributed by atoms with van der Waals surface area (Å²) < 4.78 is 1.06. The summed E-state index contributed by atoms with van der Waals surface area (Å²) in [5.41, 5.74) is 5.94. The van der Waals surface area contributed by atoms with Gasteiger partial charge in [-0.25, -0.2) is 4.98 Å². The number of carbonyl (C=O) groups excluding carboxylic acids is 1. The van der Waals surface area contributed by atoms with Crippen molar-refractivity contribution in [2.24, 2.45) is 0 Å². The molecule has 26 heavy (non-hydrogen) atoms. The first kappa shape index (κ1) is 15.7. The molecular formula is C21H16N2OS2. The lowest BCUT2D eigenvalue weighted by molar-refractivity contribution is 0.0696. The zero-order valence-corrected chi connectivity index (χ0v) is 15.6. The summed E-state index contributed by atoms with van der Waals surface area (Å²) in [6, 6.07) is 18.3. The molecule has 3 heterocycles. The van der Waals surface area contributed by atoms with Crippen molar-refractivity contribution >= 4 is 38.8 Å². The molecule has 3 nitrogen and oxygen atoms in total. The maximum atomic E-state index is 13.4. The summed E-state index contributed by atoms with van der Waals surface area (Å²) in [5, 5.41) is 2.14. The molecule has 0 fully saturated rings. The van der Waals surface area contributed by atoms with Crippen LogP contribution in [0.3, 0.4) is 0 Å². The van der Waals surface area contributed by atoms with E-state index in [2.05, 4.69) is 28.6 Å². The average Bonchev–Trinajstić information content (AvgIpc) is 3.35. The Labute approximate surface area is 159 Å². The molecule has 0 saturated heterocycles.